The van der Waals surface area contributed by atoms with Crippen molar-refractivity contribution in [3.63, 3.8) is 0 Å². The molecular weight excluding hydrogens is 445 g/mol. The average Bonchev–Trinajstić information content (AvgIpc) is 2.65. The zero-order valence-corrected chi connectivity index (χ0v) is 17.1. The largest absolute Gasteiger partial charge is 0.321 e. The quantitative estimate of drug-likeness (QED) is 0.523. The van der Waals surface area contributed by atoms with Crippen LogP contribution < -0.4 is 10.0 Å². The van der Waals surface area contributed by atoms with E-state index in [-0.39, 0.29) is 26.3 Å². The van der Waals surface area contributed by atoms with Gasteiger partial charge in [-0.2, -0.15) is 0 Å². The van der Waals surface area contributed by atoms with Crippen LogP contribution in [0, 0.1) is 0 Å². The van der Waals surface area contributed by atoms with Crippen LogP contribution in [0.3, 0.4) is 0 Å². The molecule has 0 aliphatic rings. The van der Waals surface area contributed by atoms with Gasteiger partial charge < -0.3 is 5.32 Å². The number of halogens is 3. The second kappa shape index (κ2) is 8.36. The molecule has 6 nitrogen and oxygen atoms in total. The van der Waals surface area contributed by atoms with E-state index in [0.717, 1.165) is 0 Å². The number of aromatic nitrogens is 1. The molecule has 0 fully saturated rings. The molecule has 0 aliphatic carbocycles. The number of nitrogens with one attached hydrogen (secondary N) is 2. The number of hydrogen-bond acceptors (Lipinski definition) is 4. The Balaban J connectivity index is 1.91. The Hall–Kier alpha value is -2.32. The van der Waals surface area contributed by atoms with Crippen molar-refractivity contribution in [3.05, 3.63) is 81.6 Å². The SMILES string of the molecule is O=C(Nc1ccc(Cl)nc1)c1cc(Cl)ccc1NS(=O)(=O)c1ccc(Cl)cc1. The van der Waals surface area contributed by atoms with Crippen LogP contribution in [-0.2, 0) is 10.0 Å². The highest BCUT2D eigenvalue weighted by molar-refractivity contribution is 7.92. The first-order valence-electron chi connectivity index (χ1n) is 7.75. The van der Waals surface area contributed by atoms with E-state index in [1.165, 1.54) is 54.7 Å². The van der Waals surface area contributed by atoms with Crippen LogP contribution in [0.15, 0.2) is 65.7 Å². The van der Waals surface area contributed by atoms with Gasteiger partial charge in [0.25, 0.3) is 15.9 Å². The van der Waals surface area contributed by atoms with E-state index in [4.69, 9.17) is 34.8 Å². The summed E-state index contributed by atoms with van der Waals surface area (Å²) in [6.45, 7) is 0. The third kappa shape index (κ3) is 4.94. The Morgan fingerprint density at radius 2 is 1.57 bits per heavy atom. The number of hydrogen-bond donors (Lipinski definition) is 2. The fraction of sp³-hybridized carbons (Fsp3) is 0. The Morgan fingerprint density at radius 3 is 2.21 bits per heavy atom. The highest BCUT2D eigenvalue weighted by Gasteiger charge is 2.19. The summed E-state index contributed by atoms with van der Waals surface area (Å²) in [7, 11) is -3.94. The lowest BCUT2D eigenvalue weighted by atomic mass is 10.1. The molecule has 2 aromatic carbocycles. The normalized spacial score (nSPS) is 11.1. The topological polar surface area (TPSA) is 88.2 Å². The van der Waals surface area contributed by atoms with Gasteiger partial charge in [0.1, 0.15) is 5.15 Å². The number of carbonyl (C=O) groups excluding carboxylic acids is 1. The first-order chi connectivity index (χ1) is 13.2. The van der Waals surface area contributed by atoms with E-state index >= 15 is 0 Å². The van der Waals surface area contributed by atoms with Gasteiger partial charge in [0.05, 0.1) is 28.0 Å². The fourth-order valence-corrected chi connectivity index (χ4v) is 3.75. The zero-order chi connectivity index (χ0) is 20.3. The third-order valence-corrected chi connectivity index (χ3v) is 5.67. The smallest absolute Gasteiger partial charge is 0.261 e. The summed E-state index contributed by atoms with van der Waals surface area (Å²) in [5.41, 5.74) is 0.500. The summed E-state index contributed by atoms with van der Waals surface area (Å²) in [5, 5.41) is 3.57. The molecule has 0 saturated heterocycles. The van der Waals surface area contributed by atoms with Crippen LogP contribution in [0.2, 0.25) is 15.2 Å². The Kier molecular flexibility index (Phi) is 6.10. The Morgan fingerprint density at radius 1 is 0.893 bits per heavy atom. The summed E-state index contributed by atoms with van der Waals surface area (Å²) in [5.74, 6) is -0.569. The molecule has 144 valence electrons. The van der Waals surface area contributed by atoms with Crippen LogP contribution in [0.1, 0.15) is 10.4 Å². The maximum atomic E-state index is 12.7. The lowest BCUT2D eigenvalue weighted by Gasteiger charge is -2.13. The molecule has 0 radical (unpaired) electrons. The van der Waals surface area contributed by atoms with Crippen LogP contribution in [-0.4, -0.2) is 19.3 Å². The van der Waals surface area contributed by atoms with Crippen LogP contribution in [0.5, 0.6) is 0 Å². The molecule has 10 heteroatoms. The third-order valence-electron chi connectivity index (χ3n) is 3.58. The summed E-state index contributed by atoms with van der Waals surface area (Å²) in [4.78, 5) is 16.5. The van der Waals surface area contributed by atoms with E-state index in [2.05, 4.69) is 15.0 Å². The van der Waals surface area contributed by atoms with Crippen molar-refractivity contribution in [1.82, 2.24) is 4.98 Å². The number of pyridine rings is 1. The predicted octanol–water partition coefficient (Wildman–Crippen LogP) is 5.09. The highest BCUT2D eigenvalue weighted by Crippen LogP contribution is 2.25. The monoisotopic (exact) mass is 455 g/mol. The van der Waals surface area contributed by atoms with Gasteiger partial charge >= 0.3 is 0 Å². The van der Waals surface area contributed by atoms with Gasteiger partial charge in [-0.1, -0.05) is 34.8 Å². The van der Waals surface area contributed by atoms with Crippen LogP contribution >= 0.6 is 34.8 Å². The first kappa shape index (κ1) is 20.4. The summed E-state index contributed by atoms with van der Waals surface area (Å²) < 4.78 is 27.6. The summed E-state index contributed by atoms with van der Waals surface area (Å²) in [6.07, 6.45) is 1.38. The number of rotatable bonds is 5. The van der Waals surface area contributed by atoms with Gasteiger partial charge in [-0.25, -0.2) is 13.4 Å². The van der Waals surface area contributed by atoms with Crippen molar-refractivity contribution in [2.75, 3.05) is 10.0 Å². The van der Waals surface area contributed by atoms with Crippen LogP contribution in [0.4, 0.5) is 11.4 Å². The number of anilines is 2. The van der Waals surface area contributed by atoms with Crippen molar-refractivity contribution in [3.8, 4) is 0 Å². The summed E-state index contributed by atoms with van der Waals surface area (Å²) >= 11 is 17.5. The number of carbonyl (C=O) groups is 1. The van der Waals surface area contributed by atoms with E-state index in [9.17, 15) is 13.2 Å². The molecule has 0 spiro atoms. The lowest BCUT2D eigenvalue weighted by Crippen LogP contribution is -2.18. The molecule has 3 rings (SSSR count). The number of nitrogens with zero attached hydrogens (tertiary/aromatic N) is 1. The second-order valence-electron chi connectivity index (χ2n) is 5.57. The molecule has 3 aromatic rings. The maximum Gasteiger partial charge on any atom is 0.261 e. The molecule has 1 amide bonds. The van der Waals surface area contributed by atoms with E-state index < -0.39 is 15.9 Å². The molecule has 0 unspecified atom stereocenters. The molecule has 0 atom stereocenters. The van der Waals surface area contributed by atoms with Gasteiger partial charge in [-0.05, 0) is 54.6 Å². The van der Waals surface area contributed by atoms with Gasteiger partial charge in [0, 0.05) is 10.0 Å². The highest BCUT2D eigenvalue weighted by atomic mass is 35.5. The average molecular weight is 457 g/mol. The maximum absolute atomic E-state index is 12.7. The number of amides is 1. The van der Waals surface area contributed by atoms with E-state index in [1.54, 1.807) is 6.07 Å². The van der Waals surface area contributed by atoms with Crippen molar-refractivity contribution in [2.45, 2.75) is 4.90 Å². The predicted molar refractivity (Wildman–Crippen MR) is 111 cm³/mol. The minimum Gasteiger partial charge on any atom is -0.321 e. The Bertz CT molecular complexity index is 1120. The van der Waals surface area contributed by atoms with Gasteiger partial charge in [0.2, 0.25) is 0 Å². The molecule has 0 bridgehead atoms. The Labute approximate surface area is 176 Å². The number of sulfonamides is 1. The van der Waals surface area contributed by atoms with Crippen molar-refractivity contribution >= 4 is 62.1 Å². The van der Waals surface area contributed by atoms with Crippen LogP contribution in [0.25, 0.3) is 0 Å². The zero-order valence-electron chi connectivity index (χ0n) is 14.0. The minimum atomic E-state index is -3.94. The van der Waals surface area contributed by atoms with Crippen molar-refractivity contribution in [2.24, 2.45) is 0 Å². The van der Waals surface area contributed by atoms with Gasteiger partial charge in [0.15, 0.2) is 0 Å². The van der Waals surface area contributed by atoms with Gasteiger partial charge in [-0.3, -0.25) is 9.52 Å². The molecule has 1 aromatic heterocycles. The molecule has 1 heterocycles. The lowest BCUT2D eigenvalue weighted by molar-refractivity contribution is 0.102. The number of benzene rings is 2. The molecule has 28 heavy (non-hydrogen) atoms. The molecule has 0 saturated carbocycles. The summed E-state index contributed by atoms with van der Waals surface area (Å²) in [6, 6.07) is 13.0. The van der Waals surface area contributed by atoms with Crippen molar-refractivity contribution in [1.29, 1.82) is 0 Å². The molecule has 2 N–H and O–H groups in total. The van der Waals surface area contributed by atoms with Crippen molar-refractivity contribution < 1.29 is 13.2 Å². The fourth-order valence-electron chi connectivity index (χ4n) is 2.26. The first-order valence-corrected chi connectivity index (χ1v) is 10.4. The van der Waals surface area contributed by atoms with E-state index in [1.807, 2.05) is 0 Å². The second-order valence-corrected chi connectivity index (χ2v) is 8.52. The molecular formula is C18H12Cl3N3O3S. The standard InChI is InChI=1S/C18H12Cl3N3O3S/c19-11-1-5-14(6-2-11)28(26,27)24-16-7-3-12(20)9-15(16)18(25)23-13-4-8-17(21)22-10-13/h1-10,24H,(H,23,25). The van der Waals surface area contributed by atoms with E-state index in [0.29, 0.717) is 10.7 Å². The molecule has 0 aliphatic heterocycles. The minimum absolute atomic E-state index is 0.000101. The van der Waals surface area contributed by atoms with Gasteiger partial charge in [-0.15, -0.1) is 0 Å².